The minimum atomic E-state index is -0.0570. The Bertz CT molecular complexity index is 318. The predicted octanol–water partition coefficient (Wildman–Crippen LogP) is 2.18. The standard InChI is InChI=1S/C12H14O2/c1-9-7-12(13)14-11(9)8-10-5-3-2-4-6-10/h2-6,9,11H,7-8H2,1H3/t9-,11+/m1/s1. The molecule has 0 radical (unpaired) electrons. The first kappa shape index (κ1) is 9.25. The topological polar surface area (TPSA) is 26.3 Å². The van der Waals surface area contributed by atoms with Crippen molar-refractivity contribution in [2.75, 3.05) is 0 Å². The summed E-state index contributed by atoms with van der Waals surface area (Å²) in [5.41, 5.74) is 1.24. The molecule has 1 aromatic carbocycles. The van der Waals surface area contributed by atoms with Crippen LogP contribution in [0, 0.1) is 5.92 Å². The second-order valence-corrected chi connectivity index (χ2v) is 3.90. The molecule has 2 heteroatoms. The maximum Gasteiger partial charge on any atom is 0.306 e. The van der Waals surface area contributed by atoms with Crippen LogP contribution in [-0.4, -0.2) is 12.1 Å². The van der Waals surface area contributed by atoms with E-state index < -0.39 is 0 Å². The van der Waals surface area contributed by atoms with Gasteiger partial charge in [-0.3, -0.25) is 4.79 Å². The van der Waals surface area contributed by atoms with E-state index in [1.165, 1.54) is 5.56 Å². The van der Waals surface area contributed by atoms with Crippen LogP contribution in [-0.2, 0) is 16.0 Å². The van der Waals surface area contributed by atoms with E-state index in [0.29, 0.717) is 12.3 Å². The SMILES string of the molecule is C[C@@H]1CC(=O)O[C@H]1Cc1ccccc1. The zero-order chi connectivity index (χ0) is 9.97. The van der Waals surface area contributed by atoms with Crippen molar-refractivity contribution >= 4 is 5.97 Å². The third kappa shape index (κ3) is 1.95. The quantitative estimate of drug-likeness (QED) is 0.668. The third-order valence-electron chi connectivity index (χ3n) is 2.69. The number of rotatable bonds is 2. The number of hydrogen-bond acceptors (Lipinski definition) is 2. The fraction of sp³-hybridized carbons (Fsp3) is 0.417. The molecule has 1 saturated heterocycles. The lowest BCUT2D eigenvalue weighted by molar-refractivity contribution is -0.141. The van der Waals surface area contributed by atoms with Crippen LogP contribution < -0.4 is 0 Å². The molecule has 0 aromatic heterocycles. The molecule has 2 rings (SSSR count). The van der Waals surface area contributed by atoms with Gasteiger partial charge in [0.15, 0.2) is 0 Å². The van der Waals surface area contributed by atoms with Gasteiger partial charge in [-0.05, 0) is 5.56 Å². The second kappa shape index (κ2) is 3.82. The minimum Gasteiger partial charge on any atom is -0.462 e. The van der Waals surface area contributed by atoms with E-state index in [9.17, 15) is 4.79 Å². The van der Waals surface area contributed by atoms with E-state index in [1.807, 2.05) is 18.2 Å². The molecule has 1 heterocycles. The van der Waals surface area contributed by atoms with Crippen molar-refractivity contribution in [3.63, 3.8) is 0 Å². The van der Waals surface area contributed by atoms with Gasteiger partial charge in [-0.25, -0.2) is 0 Å². The zero-order valence-electron chi connectivity index (χ0n) is 8.27. The maximum atomic E-state index is 11.0. The van der Waals surface area contributed by atoms with Crippen molar-refractivity contribution in [3.8, 4) is 0 Å². The molecule has 0 spiro atoms. The van der Waals surface area contributed by atoms with Crippen molar-refractivity contribution < 1.29 is 9.53 Å². The molecule has 0 unspecified atom stereocenters. The van der Waals surface area contributed by atoms with E-state index in [4.69, 9.17) is 4.74 Å². The third-order valence-corrected chi connectivity index (χ3v) is 2.69. The Hall–Kier alpha value is -1.31. The average Bonchev–Trinajstić information content (AvgIpc) is 2.47. The van der Waals surface area contributed by atoms with Gasteiger partial charge >= 0.3 is 5.97 Å². The number of ether oxygens (including phenoxy) is 1. The summed E-state index contributed by atoms with van der Waals surface area (Å²) in [4.78, 5) is 11.0. The summed E-state index contributed by atoms with van der Waals surface area (Å²) in [7, 11) is 0. The smallest absolute Gasteiger partial charge is 0.306 e. The van der Waals surface area contributed by atoms with Crippen LogP contribution in [0.1, 0.15) is 18.9 Å². The minimum absolute atomic E-state index is 0.0570. The summed E-state index contributed by atoms with van der Waals surface area (Å²) >= 11 is 0. The Kier molecular flexibility index (Phi) is 2.53. The highest BCUT2D eigenvalue weighted by atomic mass is 16.5. The van der Waals surface area contributed by atoms with Gasteiger partial charge in [-0.2, -0.15) is 0 Å². The Labute approximate surface area is 83.9 Å². The fourth-order valence-corrected chi connectivity index (χ4v) is 1.82. The first-order valence-corrected chi connectivity index (χ1v) is 4.99. The lowest BCUT2D eigenvalue weighted by atomic mass is 9.97. The van der Waals surface area contributed by atoms with Crippen molar-refractivity contribution in [3.05, 3.63) is 35.9 Å². The lowest BCUT2D eigenvalue weighted by Gasteiger charge is -2.13. The van der Waals surface area contributed by atoms with E-state index in [1.54, 1.807) is 0 Å². The van der Waals surface area contributed by atoms with Gasteiger partial charge in [0.2, 0.25) is 0 Å². The van der Waals surface area contributed by atoms with Gasteiger partial charge in [0, 0.05) is 12.3 Å². The molecule has 0 aliphatic carbocycles. The van der Waals surface area contributed by atoms with Gasteiger partial charge in [0.1, 0.15) is 6.10 Å². The van der Waals surface area contributed by atoms with E-state index >= 15 is 0 Å². The Morgan fingerprint density at radius 2 is 2.07 bits per heavy atom. The summed E-state index contributed by atoms with van der Waals surface area (Å²) in [6.07, 6.45) is 1.48. The highest BCUT2D eigenvalue weighted by Gasteiger charge is 2.30. The van der Waals surface area contributed by atoms with Crippen LogP contribution in [0.4, 0.5) is 0 Å². The summed E-state index contributed by atoms with van der Waals surface area (Å²) < 4.78 is 5.24. The molecule has 74 valence electrons. The Balaban J connectivity index is 2.02. The largest absolute Gasteiger partial charge is 0.462 e. The molecular weight excluding hydrogens is 176 g/mol. The van der Waals surface area contributed by atoms with Crippen LogP contribution in [0.5, 0.6) is 0 Å². The van der Waals surface area contributed by atoms with Crippen LogP contribution in [0.3, 0.4) is 0 Å². The zero-order valence-corrected chi connectivity index (χ0v) is 8.27. The molecule has 1 fully saturated rings. The highest BCUT2D eigenvalue weighted by molar-refractivity contribution is 5.72. The van der Waals surface area contributed by atoms with Gasteiger partial charge in [0.05, 0.1) is 6.42 Å². The maximum absolute atomic E-state index is 11.0. The molecule has 0 N–H and O–H groups in total. The van der Waals surface area contributed by atoms with Crippen molar-refractivity contribution in [1.29, 1.82) is 0 Å². The fourth-order valence-electron chi connectivity index (χ4n) is 1.82. The monoisotopic (exact) mass is 190 g/mol. The predicted molar refractivity (Wildman–Crippen MR) is 53.8 cm³/mol. The summed E-state index contributed by atoms with van der Waals surface area (Å²) in [6, 6.07) is 10.2. The highest BCUT2D eigenvalue weighted by Crippen LogP contribution is 2.24. The van der Waals surface area contributed by atoms with Gasteiger partial charge in [0.25, 0.3) is 0 Å². The van der Waals surface area contributed by atoms with Crippen LogP contribution in [0.2, 0.25) is 0 Å². The Morgan fingerprint density at radius 1 is 1.36 bits per heavy atom. The first-order chi connectivity index (χ1) is 6.75. The Morgan fingerprint density at radius 3 is 2.64 bits per heavy atom. The second-order valence-electron chi connectivity index (χ2n) is 3.90. The van der Waals surface area contributed by atoms with Crippen molar-refractivity contribution in [2.45, 2.75) is 25.9 Å². The molecule has 14 heavy (non-hydrogen) atoms. The summed E-state index contributed by atoms with van der Waals surface area (Å²) in [6.45, 7) is 2.07. The first-order valence-electron chi connectivity index (χ1n) is 4.99. The molecule has 0 saturated carbocycles. The van der Waals surface area contributed by atoms with Gasteiger partial charge in [-0.1, -0.05) is 37.3 Å². The van der Waals surface area contributed by atoms with Crippen LogP contribution in [0.25, 0.3) is 0 Å². The summed E-state index contributed by atoms with van der Waals surface area (Å²) in [5.74, 6) is 0.293. The summed E-state index contributed by atoms with van der Waals surface area (Å²) in [5, 5.41) is 0. The molecule has 2 atom stereocenters. The number of esters is 1. The molecular formula is C12H14O2. The molecule has 0 bridgehead atoms. The molecule has 1 aromatic rings. The van der Waals surface area contributed by atoms with Gasteiger partial charge < -0.3 is 4.74 Å². The molecule has 0 amide bonds. The molecule has 1 aliphatic rings. The number of carbonyl (C=O) groups is 1. The van der Waals surface area contributed by atoms with Crippen LogP contribution >= 0.6 is 0 Å². The normalized spacial score (nSPS) is 26.2. The number of carbonyl (C=O) groups excluding carboxylic acids is 1. The average molecular weight is 190 g/mol. The van der Waals surface area contributed by atoms with E-state index in [0.717, 1.165) is 6.42 Å². The van der Waals surface area contributed by atoms with Gasteiger partial charge in [-0.15, -0.1) is 0 Å². The van der Waals surface area contributed by atoms with Crippen molar-refractivity contribution in [1.82, 2.24) is 0 Å². The van der Waals surface area contributed by atoms with Crippen LogP contribution in [0.15, 0.2) is 30.3 Å². The van der Waals surface area contributed by atoms with E-state index in [-0.39, 0.29) is 12.1 Å². The molecule has 1 aliphatic heterocycles. The number of hydrogen-bond donors (Lipinski definition) is 0. The molecule has 2 nitrogen and oxygen atoms in total. The number of cyclic esters (lactones) is 1. The van der Waals surface area contributed by atoms with Crippen molar-refractivity contribution in [2.24, 2.45) is 5.92 Å². The lowest BCUT2D eigenvalue weighted by Crippen LogP contribution is -2.16. The van der Waals surface area contributed by atoms with E-state index in [2.05, 4.69) is 19.1 Å². The number of benzene rings is 1.